The molecule has 5 atom stereocenters. The normalized spacial score (nSPS) is 28.7. The summed E-state index contributed by atoms with van der Waals surface area (Å²) in [6.45, 7) is 6.11. The molecule has 8 heterocycles. The molecule has 0 spiro atoms. The van der Waals surface area contributed by atoms with Crippen LogP contribution < -0.4 is 9.64 Å². The molecule has 0 radical (unpaired) electrons. The maximum absolute atomic E-state index is 13.6. The Kier molecular flexibility index (Phi) is 6.16. The van der Waals surface area contributed by atoms with Gasteiger partial charge in [0, 0.05) is 55.5 Å². The van der Waals surface area contributed by atoms with E-state index in [9.17, 15) is 23.2 Å². The number of carbonyl (C=O) groups is 1. The fourth-order valence-electron chi connectivity index (χ4n) is 7.66. The Labute approximate surface area is 251 Å². The number of piperazine rings is 1. The van der Waals surface area contributed by atoms with Gasteiger partial charge in [-0.2, -0.15) is 23.5 Å². The molecular weight excluding hydrogens is 575 g/mol. The summed E-state index contributed by atoms with van der Waals surface area (Å²) >= 11 is 0. The van der Waals surface area contributed by atoms with Crippen LogP contribution in [0.1, 0.15) is 31.7 Å². The van der Waals surface area contributed by atoms with E-state index in [4.69, 9.17) is 14.5 Å². The number of carbonyl (C=O) groups excluding carboxylic acids is 1. The maximum Gasteiger partial charge on any atom is 0.403 e. The molecule has 1 amide bonds. The molecule has 9 rings (SSSR count). The van der Waals surface area contributed by atoms with Gasteiger partial charge in [0.15, 0.2) is 0 Å². The van der Waals surface area contributed by atoms with Crippen molar-refractivity contribution in [1.82, 2.24) is 24.4 Å². The summed E-state index contributed by atoms with van der Waals surface area (Å²) in [5.74, 6) is 1.10. The molecule has 3 aromatic rings. The number of hydrogen-bond donors (Lipinski definition) is 0. The summed E-state index contributed by atoms with van der Waals surface area (Å²) in [6.07, 6.45) is 1.33. The van der Waals surface area contributed by atoms with Crippen LogP contribution in [-0.4, -0.2) is 100 Å². The van der Waals surface area contributed by atoms with Gasteiger partial charge in [-0.1, -0.05) is 6.92 Å². The van der Waals surface area contributed by atoms with Gasteiger partial charge in [-0.3, -0.25) is 9.69 Å². The number of fused-ring (bicyclic) bond motifs is 5. The summed E-state index contributed by atoms with van der Waals surface area (Å²) in [4.78, 5) is 23.5. The topological polar surface area (TPSA) is 99.2 Å². The molecule has 10 nitrogen and oxygen atoms in total. The van der Waals surface area contributed by atoms with Gasteiger partial charge in [-0.15, -0.1) is 0 Å². The second kappa shape index (κ2) is 9.81. The van der Waals surface area contributed by atoms with Crippen LogP contribution in [0.5, 0.6) is 5.75 Å². The Morgan fingerprint density at radius 1 is 1.20 bits per heavy atom. The summed E-state index contributed by atoms with van der Waals surface area (Å²) in [5.41, 5.74) is 0.462. The van der Waals surface area contributed by atoms with E-state index in [1.54, 1.807) is 16.9 Å². The van der Waals surface area contributed by atoms with Crippen molar-refractivity contribution in [2.45, 2.75) is 56.6 Å². The molecule has 6 aliphatic rings. The lowest BCUT2D eigenvalue weighted by atomic mass is 9.85. The molecule has 44 heavy (non-hydrogen) atoms. The first-order chi connectivity index (χ1) is 21.2. The Balaban J connectivity index is 0.980. The van der Waals surface area contributed by atoms with Gasteiger partial charge in [0.2, 0.25) is 5.91 Å². The zero-order chi connectivity index (χ0) is 30.4. The highest BCUT2D eigenvalue weighted by Crippen LogP contribution is 2.60. The lowest BCUT2D eigenvalue weighted by Gasteiger charge is -2.57. The first-order valence-electron chi connectivity index (χ1n) is 15.2. The first-order valence-corrected chi connectivity index (χ1v) is 15.2. The van der Waals surface area contributed by atoms with E-state index >= 15 is 0 Å². The largest absolute Gasteiger partial charge is 0.491 e. The number of pyridine rings is 2. The van der Waals surface area contributed by atoms with Crippen molar-refractivity contribution in [2.75, 3.05) is 44.3 Å². The van der Waals surface area contributed by atoms with Gasteiger partial charge < -0.3 is 19.3 Å². The number of halogens is 3. The first kappa shape index (κ1) is 27.6. The van der Waals surface area contributed by atoms with Crippen molar-refractivity contribution >= 4 is 17.2 Å². The van der Waals surface area contributed by atoms with Gasteiger partial charge in [-0.05, 0) is 37.5 Å². The zero-order valence-electron chi connectivity index (χ0n) is 24.2. The van der Waals surface area contributed by atoms with Crippen LogP contribution >= 0.6 is 0 Å². The third kappa shape index (κ3) is 4.18. The molecule has 230 valence electrons. The molecule has 1 saturated carbocycles. The lowest BCUT2D eigenvalue weighted by molar-refractivity contribution is -0.206. The Morgan fingerprint density at radius 2 is 2.00 bits per heavy atom. The Hall–Kier alpha value is -3.89. The van der Waals surface area contributed by atoms with E-state index < -0.39 is 17.5 Å². The highest BCUT2D eigenvalue weighted by atomic mass is 19.4. The van der Waals surface area contributed by atoms with E-state index in [0.717, 1.165) is 30.8 Å². The number of aromatic nitrogens is 3. The highest BCUT2D eigenvalue weighted by molar-refractivity contribution is 5.88. The predicted molar refractivity (Wildman–Crippen MR) is 152 cm³/mol. The molecule has 13 heteroatoms. The zero-order valence-corrected chi connectivity index (χ0v) is 24.2. The molecular formula is C31H32F3N7O3. The summed E-state index contributed by atoms with van der Waals surface area (Å²) in [7, 11) is 0. The van der Waals surface area contributed by atoms with E-state index in [0.29, 0.717) is 66.8 Å². The van der Waals surface area contributed by atoms with Gasteiger partial charge >= 0.3 is 6.18 Å². The van der Waals surface area contributed by atoms with Crippen molar-refractivity contribution in [3.05, 3.63) is 42.4 Å². The van der Waals surface area contributed by atoms with Crippen LogP contribution in [0.3, 0.4) is 0 Å². The molecule has 3 aromatic heterocycles. The minimum absolute atomic E-state index is 0.115. The number of nitriles is 1. The number of nitrogens with zero attached hydrogens (tertiary/aromatic N) is 7. The fraction of sp³-hybridized carbons (Fsp3) is 0.548. The monoisotopic (exact) mass is 607 g/mol. The van der Waals surface area contributed by atoms with Crippen LogP contribution in [0.4, 0.5) is 19.0 Å². The molecule has 0 N–H and O–H groups in total. The van der Waals surface area contributed by atoms with Gasteiger partial charge in [0.1, 0.15) is 29.7 Å². The minimum Gasteiger partial charge on any atom is -0.491 e. The number of piperidine rings is 1. The quantitative estimate of drug-likeness (QED) is 0.403. The van der Waals surface area contributed by atoms with Crippen molar-refractivity contribution in [1.29, 1.82) is 5.26 Å². The summed E-state index contributed by atoms with van der Waals surface area (Å²) in [5, 5.41) is 14.1. The molecule has 5 saturated heterocycles. The average Bonchev–Trinajstić information content (AvgIpc) is 3.55. The van der Waals surface area contributed by atoms with Crippen molar-refractivity contribution in [3.8, 4) is 22.9 Å². The van der Waals surface area contributed by atoms with Crippen LogP contribution in [0.15, 0.2) is 36.8 Å². The summed E-state index contributed by atoms with van der Waals surface area (Å²) < 4.78 is 54.4. The van der Waals surface area contributed by atoms with Crippen LogP contribution in [0.2, 0.25) is 0 Å². The van der Waals surface area contributed by atoms with Crippen LogP contribution in [0, 0.1) is 22.7 Å². The SMILES string of the molecule is C[C@@H]1C2CN(CCOc3cc(-c4ccc(N5CC6CC(C5)N6C(=O)C5(C(F)(F)F)CC5)nc4)c4c(C#N)cnn4c3)[C@H]1CO2. The number of hydrogen-bond acceptors (Lipinski definition) is 8. The van der Waals surface area contributed by atoms with E-state index in [1.807, 2.05) is 23.1 Å². The van der Waals surface area contributed by atoms with E-state index in [1.165, 1.54) is 11.1 Å². The van der Waals surface area contributed by atoms with Crippen LogP contribution in [-0.2, 0) is 9.53 Å². The van der Waals surface area contributed by atoms with Gasteiger partial charge in [0.05, 0.1) is 48.3 Å². The molecule has 5 aliphatic heterocycles. The standard InChI is InChI=1S/C31H32F3N7O3/c1-18-25-17-44-26(18)16-38(25)6-7-43-23-9-24(28-20(10-35)12-37-40(28)15-23)19-2-3-27(36-11-19)39-13-21-8-22(14-39)41(21)29(42)30(4-5-30)31(32,33)34/h2-3,9,11-12,15,18,21-22,25-26H,4-8,13-14,16-17H2,1H3/t18-,21?,22?,25-,26?/m0/s1. The average molecular weight is 608 g/mol. The molecule has 1 aliphatic carbocycles. The number of rotatable bonds is 7. The van der Waals surface area contributed by atoms with Crippen molar-refractivity contribution < 1.29 is 27.4 Å². The molecule has 6 fully saturated rings. The van der Waals surface area contributed by atoms with E-state index in [-0.39, 0.29) is 24.9 Å². The maximum atomic E-state index is 13.6. The molecule has 0 aromatic carbocycles. The number of alkyl halides is 3. The highest BCUT2D eigenvalue weighted by Gasteiger charge is 2.71. The smallest absolute Gasteiger partial charge is 0.403 e. The third-order valence-corrected chi connectivity index (χ3v) is 10.4. The van der Waals surface area contributed by atoms with Gasteiger partial charge in [0.25, 0.3) is 0 Å². The van der Waals surface area contributed by atoms with E-state index in [2.05, 4.69) is 23.0 Å². The molecule has 3 unspecified atom stereocenters. The number of likely N-dealkylation sites (tertiary alicyclic amines) is 1. The number of anilines is 1. The van der Waals surface area contributed by atoms with Crippen molar-refractivity contribution in [3.63, 3.8) is 0 Å². The lowest BCUT2D eigenvalue weighted by Crippen LogP contribution is -2.72. The summed E-state index contributed by atoms with van der Waals surface area (Å²) in [6, 6.07) is 7.86. The molecule has 4 bridgehead atoms. The number of amides is 1. The Morgan fingerprint density at radius 3 is 2.61 bits per heavy atom. The fourth-order valence-corrected chi connectivity index (χ4v) is 7.66. The second-order valence-electron chi connectivity index (χ2n) is 12.8. The number of ether oxygens (including phenoxy) is 2. The minimum atomic E-state index is -4.50. The third-order valence-electron chi connectivity index (χ3n) is 10.4. The van der Waals surface area contributed by atoms with Crippen LogP contribution in [0.25, 0.3) is 16.6 Å². The Bertz CT molecular complexity index is 1650. The van der Waals surface area contributed by atoms with Crippen molar-refractivity contribution in [2.24, 2.45) is 11.3 Å². The van der Waals surface area contributed by atoms with Gasteiger partial charge in [-0.25, -0.2) is 9.50 Å². The number of morpholine rings is 1. The second-order valence-corrected chi connectivity index (χ2v) is 12.8. The predicted octanol–water partition coefficient (Wildman–Crippen LogP) is 3.50.